The minimum Gasteiger partial charge on any atom is -1.00 e. The SMILES string of the molecule is C[C@@H]1OC[C@@H](C[N+](C)(C)C)O[C@@H]1C.[I-]. The summed E-state index contributed by atoms with van der Waals surface area (Å²) in [5, 5.41) is 0. The van der Waals surface area contributed by atoms with Crippen LogP contribution in [0.5, 0.6) is 0 Å². The summed E-state index contributed by atoms with van der Waals surface area (Å²) in [4.78, 5) is 0. The molecule has 0 aromatic heterocycles. The molecule has 1 heterocycles. The smallest absolute Gasteiger partial charge is 0.130 e. The first kappa shape index (κ1) is 14.6. The lowest BCUT2D eigenvalue weighted by Crippen LogP contribution is -3.00. The van der Waals surface area contributed by atoms with E-state index in [1.54, 1.807) is 0 Å². The number of nitrogens with zero attached hydrogens (tertiary/aromatic N) is 1. The second-order valence-corrected chi connectivity index (χ2v) is 4.97. The van der Waals surface area contributed by atoms with E-state index in [9.17, 15) is 0 Å². The van der Waals surface area contributed by atoms with Gasteiger partial charge in [0.1, 0.15) is 12.6 Å². The van der Waals surface area contributed by atoms with E-state index in [-0.39, 0.29) is 42.3 Å². The van der Waals surface area contributed by atoms with E-state index < -0.39 is 0 Å². The quantitative estimate of drug-likeness (QED) is 0.429. The fraction of sp³-hybridized carbons (Fsp3) is 1.00. The molecule has 0 N–H and O–H groups in total. The van der Waals surface area contributed by atoms with Crippen LogP contribution < -0.4 is 24.0 Å². The molecule has 1 fully saturated rings. The molecule has 1 rings (SSSR count). The molecule has 0 spiro atoms. The van der Waals surface area contributed by atoms with Gasteiger partial charge < -0.3 is 37.9 Å². The van der Waals surface area contributed by atoms with Crippen LogP contribution in [0.2, 0.25) is 0 Å². The van der Waals surface area contributed by atoms with Gasteiger partial charge in [-0.25, -0.2) is 0 Å². The summed E-state index contributed by atoms with van der Waals surface area (Å²) in [7, 11) is 6.52. The van der Waals surface area contributed by atoms with Crippen molar-refractivity contribution in [3.8, 4) is 0 Å². The third-order valence-electron chi connectivity index (χ3n) is 2.36. The van der Waals surface area contributed by atoms with Gasteiger partial charge >= 0.3 is 0 Å². The molecular formula is C10H22INO2. The van der Waals surface area contributed by atoms with Crippen molar-refractivity contribution in [3.63, 3.8) is 0 Å². The number of quaternary nitrogens is 1. The van der Waals surface area contributed by atoms with Crippen molar-refractivity contribution in [2.45, 2.75) is 32.2 Å². The summed E-state index contributed by atoms with van der Waals surface area (Å²) in [6, 6.07) is 0. The van der Waals surface area contributed by atoms with Gasteiger partial charge in [-0.2, -0.15) is 0 Å². The minimum atomic E-state index is 0. The van der Waals surface area contributed by atoms with Gasteiger partial charge in [-0.1, -0.05) is 0 Å². The van der Waals surface area contributed by atoms with Gasteiger partial charge in [0.25, 0.3) is 0 Å². The molecule has 4 heteroatoms. The topological polar surface area (TPSA) is 18.5 Å². The third kappa shape index (κ3) is 4.91. The molecule has 0 aliphatic carbocycles. The van der Waals surface area contributed by atoms with E-state index in [1.807, 2.05) is 0 Å². The molecule has 86 valence electrons. The van der Waals surface area contributed by atoms with Gasteiger partial charge in [0.15, 0.2) is 0 Å². The third-order valence-corrected chi connectivity index (χ3v) is 2.36. The van der Waals surface area contributed by atoms with Crippen LogP contribution in [-0.2, 0) is 9.47 Å². The Morgan fingerprint density at radius 1 is 1.14 bits per heavy atom. The standard InChI is InChI=1S/C10H22NO2.HI/c1-8-9(2)13-10(7-12-8)6-11(3,4)5;/h8-10H,6-7H2,1-5H3;1H/q+1;/p-1/t8-,9+,10+;/m0./s1. The van der Waals surface area contributed by atoms with E-state index in [4.69, 9.17) is 9.47 Å². The molecule has 0 aromatic carbocycles. The van der Waals surface area contributed by atoms with Gasteiger partial charge in [0.05, 0.1) is 40.0 Å². The Kier molecular flexibility index (Phi) is 5.87. The largest absolute Gasteiger partial charge is 1.00 e. The maximum atomic E-state index is 5.83. The van der Waals surface area contributed by atoms with Crippen LogP contribution in [-0.4, -0.2) is 57.1 Å². The molecule has 14 heavy (non-hydrogen) atoms. The summed E-state index contributed by atoms with van der Waals surface area (Å²) in [5.74, 6) is 0. The van der Waals surface area contributed by atoms with Crippen molar-refractivity contribution < 1.29 is 37.9 Å². The average molecular weight is 315 g/mol. The van der Waals surface area contributed by atoms with Gasteiger partial charge in [0, 0.05) is 0 Å². The van der Waals surface area contributed by atoms with E-state index in [2.05, 4.69) is 35.0 Å². The van der Waals surface area contributed by atoms with Crippen molar-refractivity contribution in [1.29, 1.82) is 0 Å². The number of likely N-dealkylation sites (N-methyl/N-ethyl adjacent to an activating group) is 1. The fourth-order valence-corrected chi connectivity index (χ4v) is 1.55. The van der Waals surface area contributed by atoms with Crippen LogP contribution in [0.1, 0.15) is 13.8 Å². The van der Waals surface area contributed by atoms with Crippen molar-refractivity contribution in [2.24, 2.45) is 0 Å². The molecule has 0 aromatic rings. The van der Waals surface area contributed by atoms with Gasteiger partial charge in [0.2, 0.25) is 0 Å². The van der Waals surface area contributed by atoms with Crippen LogP contribution in [0.25, 0.3) is 0 Å². The van der Waals surface area contributed by atoms with Crippen LogP contribution in [0.4, 0.5) is 0 Å². The summed E-state index contributed by atoms with van der Waals surface area (Å²) in [6.07, 6.45) is 0.722. The zero-order valence-corrected chi connectivity index (χ0v) is 11.9. The number of ether oxygens (including phenoxy) is 2. The second-order valence-electron chi connectivity index (χ2n) is 4.97. The zero-order chi connectivity index (χ0) is 10.1. The molecule has 1 aliphatic heterocycles. The molecule has 3 atom stereocenters. The predicted molar refractivity (Wildman–Crippen MR) is 52.6 cm³/mol. The molecule has 3 nitrogen and oxygen atoms in total. The molecule has 0 amide bonds. The van der Waals surface area contributed by atoms with E-state index >= 15 is 0 Å². The Morgan fingerprint density at radius 3 is 2.14 bits per heavy atom. The molecular weight excluding hydrogens is 293 g/mol. The van der Waals surface area contributed by atoms with Gasteiger partial charge in [-0.15, -0.1) is 0 Å². The molecule has 1 aliphatic rings. The van der Waals surface area contributed by atoms with Gasteiger partial charge in [-0.05, 0) is 13.8 Å². The molecule has 0 saturated carbocycles. The molecule has 0 radical (unpaired) electrons. The van der Waals surface area contributed by atoms with Crippen LogP contribution in [0, 0.1) is 0 Å². The zero-order valence-electron chi connectivity index (χ0n) is 9.79. The lowest BCUT2D eigenvalue weighted by Gasteiger charge is -2.36. The first-order valence-corrected chi connectivity index (χ1v) is 4.96. The monoisotopic (exact) mass is 315 g/mol. The Balaban J connectivity index is 0.00000169. The number of rotatable bonds is 2. The Labute approximate surface area is 104 Å². The highest BCUT2D eigenvalue weighted by molar-refractivity contribution is 4.70. The normalized spacial score (nSPS) is 33.6. The van der Waals surface area contributed by atoms with Crippen LogP contribution >= 0.6 is 0 Å². The molecule has 0 bridgehead atoms. The van der Waals surface area contributed by atoms with Crippen LogP contribution in [0.3, 0.4) is 0 Å². The highest BCUT2D eigenvalue weighted by Gasteiger charge is 2.29. The number of hydrogen-bond acceptors (Lipinski definition) is 2. The Bertz CT molecular complexity index is 170. The first-order chi connectivity index (χ1) is 5.88. The average Bonchev–Trinajstić information content (AvgIpc) is 1.94. The summed E-state index contributed by atoms with van der Waals surface area (Å²) < 4.78 is 12.4. The Hall–Kier alpha value is 0.610. The molecule has 0 unspecified atom stereocenters. The van der Waals surface area contributed by atoms with E-state index in [1.165, 1.54) is 0 Å². The lowest BCUT2D eigenvalue weighted by molar-refractivity contribution is -0.874. The fourth-order valence-electron chi connectivity index (χ4n) is 1.55. The van der Waals surface area contributed by atoms with Crippen molar-refractivity contribution in [3.05, 3.63) is 0 Å². The van der Waals surface area contributed by atoms with E-state index in [0.717, 1.165) is 17.6 Å². The first-order valence-electron chi connectivity index (χ1n) is 4.96. The maximum Gasteiger partial charge on any atom is 0.130 e. The molecule has 1 saturated heterocycles. The van der Waals surface area contributed by atoms with Crippen LogP contribution in [0.15, 0.2) is 0 Å². The minimum absolute atomic E-state index is 0. The van der Waals surface area contributed by atoms with Crippen molar-refractivity contribution >= 4 is 0 Å². The lowest BCUT2D eigenvalue weighted by atomic mass is 10.2. The van der Waals surface area contributed by atoms with Crippen molar-refractivity contribution in [2.75, 3.05) is 34.3 Å². The number of hydrogen-bond donors (Lipinski definition) is 0. The summed E-state index contributed by atoms with van der Waals surface area (Å²) in [5.41, 5.74) is 0. The number of halogens is 1. The summed E-state index contributed by atoms with van der Waals surface area (Å²) in [6.45, 7) is 5.89. The highest BCUT2D eigenvalue weighted by Crippen LogP contribution is 2.15. The summed E-state index contributed by atoms with van der Waals surface area (Å²) >= 11 is 0. The second kappa shape index (κ2) is 5.63. The Morgan fingerprint density at radius 2 is 1.71 bits per heavy atom. The van der Waals surface area contributed by atoms with Gasteiger partial charge in [-0.3, -0.25) is 0 Å². The highest BCUT2D eigenvalue weighted by atomic mass is 127. The predicted octanol–water partition coefficient (Wildman–Crippen LogP) is -2.11. The van der Waals surface area contributed by atoms with E-state index in [0.29, 0.717) is 0 Å². The maximum absolute atomic E-state index is 5.83. The van der Waals surface area contributed by atoms with Crippen molar-refractivity contribution in [1.82, 2.24) is 0 Å².